The molecule has 1 saturated carbocycles. The number of phenols is 1. The summed E-state index contributed by atoms with van der Waals surface area (Å²) in [6.07, 6.45) is 2.25. The fourth-order valence-electron chi connectivity index (χ4n) is 1.68. The van der Waals surface area contributed by atoms with Crippen molar-refractivity contribution in [3.8, 4) is 5.75 Å². The molecule has 1 aromatic rings. The molecule has 4 heteroatoms. The predicted octanol–water partition coefficient (Wildman–Crippen LogP) is 2.49. The van der Waals surface area contributed by atoms with Crippen LogP contribution < -0.4 is 0 Å². The Labute approximate surface area is 81.3 Å². The SMILES string of the molecule is Cc1cc([N+](=O)[O-])c(O)cc1C1CC1. The number of nitro benzene ring substituents is 1. The molecule has 2 rings (SSSR count). The Hall–Kier alpha value is -1.58. The van der Waals surface area contributed by atoms with Crippen LogP contribution in [0.5, 0.6) is 5.75 Å². The summed E-state index contributed by atoms with van der Waals surface area (Å²) in [6.45, 7) is 1.85. The molecule has 0 spiro atoms. The van der Waals surface area contributed by atoms with Crippen molar-refractivity contribution >= 4 is 5.69 Å². The zero-order chi connectivity index (χ0) is 10.3. The van der Waals surface area contributed by atoms with E-state index in [9.17, 15) is 15.2 Å². The van der Waals surface area contributed by atoms with E-state index in [1.807, 2.05) is 6.92 Å². The standard InChI is InChI=1S/C10H11NO3/c1-6-4-9(11(13)14)10(12)5-8(6)7-2-3-7/h4-5,7,12H,2-3H2,1H3. The van der Waals surface area contributed by atoms with Gasteiger partial charge in [0.1, 0.15) is 0 Å². The summed E-state index contributed by atoms with van der Waals surface area (Å²) in [5.74, 6) is 0.282. The van der Waals surface area contributed by atoms with Gasteiger partial charge in [0.05, 0.1) is 4.92 Å². The number of hydrogen-bond acceptors (Lipinski definition) is 3. The van der Waals surface area contributed by atoms with E-state index in [0.29, 0.717) is 5.92 Å². The molecule has 0 aliphatic heterocycles. The number of hydrogen-bond donors (Lipinski definition) is 1. The lowest BCUT2D eigenvalue weighted by Crippen LogP contribution is -1.93. The fraction of sp³-hybridized carbons (Fsp3) is 0.400. The molecule has 1 aliphatic carbocycles. The van der Waals surface area contributed by atoms with Crippen molar-refractivity contribution in [2.24, 2.45) is 0 Å². The summed E-state index contributed by atoms with van der Waals surface area (Å²) < 4.78 is 0. The van der Waals surface area contributed by atoms with Crippen molar-refractivity contribution in [2.45, 2.75) is 25.7 Å². The van der Waals surface area contributed by atoms with Crippen LogP contribution in [0, 0.1) is 17.0 Å². The molecule has 0 radical (unpaired) electrons. The van der Waals surface area contributed by atoms with E-state index in [1.165, 1.54) is 12.1 Å². The minimum atomic E-state index is -0.557. The van der Waals surface area contributed by atoms with Gasteiger partial charge in [-0.15, -0.1) is 0 Å². The van der Waals surface area contributed by atoms with E-state index in [1.54, 1.807) is 0 Å². The zero-order valence-electron chi connectivity index (χ0n) is 7.86. The maximum Gasteiger partial charge on any atom is 0.310 e. The highest BCUT2D eigenvalue weighted by molar-refractivity contribution is 5.52. The number of nitro groups is 1. The molecule has 0 bridgehead atoms. The molecule has 4 nitrogen and oxygen atoms in total. The van der Waals surface area contributed by atoms with Crippen LogP contribution in [0.25, 0.3) is 0 Å². The van der Waals surface area contributed by atoms with Crippen LogP contribution in [-0.4, -0.2) is 10.0 Å². The van der Waals surface area contributed by atoms with E-state index >= 15 is 0 Å². The third kappa shape index (κ3) is 1.43. The van der Waals surface area contributed by atoms with Gasteiger partial charge in [0.25, 0.3) is 0 Å². The van der Waals surface area contributed by atoms with Gasteiger partial charge >= 0.3 is 5.69 Å². The number of phenolic OH excluding ortho intramolecular Hbond substituents is 1. The predicted molar refractivity (Wildman–Crippen MR) is 51.5 cm³/mol. The lowest BCUT2D eigenvalue weighted by molar-refractivity contribution is -0.385. The molecule has 1 aliphatic rings. The summed E-state index contributed by atoms with van der Waals surface area (Å²) >= 11 is 0. The Morgan fingerprint density at radius 2 is 2.14 bits per heavy atom. The summed E-state index contributed by atoms with van der Waals surface area (Å²) in [6, 6.07) is 2.98. The van der Waals surface area contributed by atoms with Crippen molar-refractivity contribution in [1.29, 1.82) is 0 Å². The number of aryl methyl sites for hydroxylation is 1. The topological polar surface area (TPSA) is 63.4 Å². The third-order valence-corrected chi connectivity index (χ3v) is 2.58. The van der Waals surface area contributed by atoms with Gasteiger partial charge in [-0.2, -0.15) is 0 Å². The van der Waals surface area contributed by atoms with Crippen molar-refractivity contribution in [3.05, 3.63) is 33.4 Å². The van der Waals surface area contributed by atoms with Crippen molar-refractivity contribution in [2.75, 3.05) is 0 Å². The number of nitrogens with zero attached hydrogens (tertiary/aromatic N) is 1. The average molecular weight is 193 g/mol. The van der Waals surface area contributed by atoms with Gasteiger partial charge in [-0.1, -0.05) is 0 Å². The maximum atomic E-state index is 10.5. The van der Waals surface area contributed by atoms with Crippen LogP contribution in [-0.2, 0) is 0 Å². The highest BCUT2D eigenvalue weighted by Crippen LogP contribution is 2.44. The second-order valence-electron chi connectivity index (χ2n) is 3.73. The molecule has 0 atom stereocenters. The van der Waals surface area contributed by atoms with Crippen LogP contribution >= 0.6 is 0 Å². The Bertz CT molecular complexity index is 397. The minimum Gasteiger partial charge on any atom is -0.502 e. The molecule has 0 aromatic heterocycles. The van der Waals surface area contributed by atoms with Gasteiger partial charge < -0.3 is 5.11 Å². The zero-order valence-corrected chi connectivity index (χ0v) is 7.86. The quantitative estimate of drug-likeness (QED) is 0.579. The molecule has 1 N–H and O–H groups in total. The van der Waals surface area contributed by atoms with Gasteiger partial charge in [-0.05, 0) is 42.9 Å². The Kier molecular flexibility index (Phi) is 1.91. The maximum absolute atomic E-state index is 10.5. The fourth-order valence-corrected chi connectivity index (χ4v) is 1.68. The highest BCUT2D eigenvalue weighted by Gasteiger charge is 2.27. The molecule has 0 saturated heterocycles. The summed E-state index contributed by atoms with van der Waals surface area (Å²) in [7, 11) is 0. The van der Waals surface area contributed by atoms with E-state index < -0.39 is 4.92 Å². The second kappa shape index (κ2) is 2.97. The van der Waals surface area contributed by atoms with E-state index in [4.69, 9.17) is 0 Å². The molecule has 0 heterocycles. The molecule has 14 heavy (non-hydrogen) atoms. The van der Waals surface area contributed by atoms with Crippen molar-refractivity contribution in [3.63, 3.8) is 0 Å². The number of aromatic hydroxyl groups is 1. The first-order valence-corrected chi connectivity index (χ1v) is 4.57. The van der Waals surface area contributed by atoms with Crippen LogP contribution in [0.15, 0.2) is 12.1 Å². The minimum absolute atomic E-state index is 0.202. The molecule has 1 fully saturated rings. The second-order valence-corrected chi connectivity index (χ2v) is 3.73. The van der Waals surface area contributed by atoms with Gasteiger partial charge in [-0.3, -0.25) is 10.1 Å². The van der Waals surface area contributed by atoms with Crippen LogP contribution in [0.3, 0.4) is 0 Å². The average Bonchev–Trinajstić information content (AvgIpc) is 2.91. The number of benzene rings is 1. The van der Waals surface area contributed by atoms with Crippen molar-refractivity contribution in [1.82, 2.24) is 0 Å². The summed E-state index contributed by atoms with van der Waals surface area (Å²) in [5, 5.41) is 19.9. The largest absolute Gasteiger partial charge is 0.502 e. The van der Waals surface area contributed by atoms with Crippen LogP contribution in [0.1, 0.15) is 29.9 Å². The lowest BCUT2D eigenvalue weighted by atomic mass is 10.0. The summed E-state index contributed by atoms with van der Waals surface area (Å²) in [4.78, 5) is 9.96. The molecule has 74 valence electrons. The Balaban J connectivity index is 2.48. The van der Waals surface area contributed by atoms with Gasteiger partial charge in [0.15, 0.2) is 5.75 Å². The molecular weight excluding hydrogens is 182 g/mol. The van der Waals surface area contributed by atoms with Crippen molar-refractivity contribution < 1.29 is 10.0 Å². The van der Waals surface area contributed by atoms with Gasteiger partial charge in [0, 0.05) is 6.07 Å². The smallest absolute Gasteiger partial charge is 0.310 e. The molecule has 0 unspecified atom stereocenters. The Morgan fingerprint density at radius 3 is 2.64 bits per heavy atom. The highest BCUT2D eigenvalue weighted by atomic mass is 16.6. The van der Waals surface area contributed by atoms with Gasteiger partial charge in [-0.25, -0.2) is 0 Å². The van der Waals surface area contributed by atoms with E-state index in [2.05, 4.69) is 0 Å². The van der Waals surface area contributed by atoms with Crippen LogP contribution in [0.2, 0.25) is 0 Å². The number of rotatable bonds is 2. The van der Waals surface area contributed by atoms with E-state index in [-0.39, 0.29) is 11.4 Å². The van der Waals surface area contributed by atoms with Gasteiger partial charge in [0.2, 0.25) is 0 Å². The summed E-state index contributed by atoms with van der Waals surface area (Å²) in [5.41, 5.74) is 1.75. The monoisotopic (exact) mass is 193 g/mol. The first-order valence-electron chi connectivity index (χ1n) is 4.57. The Morgan fingerprint density at radius 1 is 1.50 bits per heavy atom. The van der Waals surface area contributed by atoms with Crippen LogP contribution in [0.4, 0.5) is 5.69 Å². The first-order chi connectivity index (χ1) is 6.59. The van der Waals surface area contributed by atoms with E-state index in [0.717, 1.165) is 24.0 Å². The third-order valence-electron chi connectivity index (χ3n) is 2.58. The molecule has 1 aromatic carbocycles. The lowest BCUT2D eigenvalue weighted by Gasteiger charge is -2.04. The normalized spacial score (nSPS) is 15.5. The first kappa shape index (κ1) is 8.99. The molecular formula is C10H11NO3. The molecule has 0 amide bonds.